The fraction of sp³-hybridized carbons (Fsp3) is 0.529. The first-order valence-corrected chi connectivity index (χ1v) is 8.21. The van der Waals surface area contributed by atoms with Crippen LogP contribution in [0.25, 0.3) is 10.9 Å². The van der Waals surface area contributed by atoms with Crippen molar-refractivity contribution in [3.8, 4) is 0 Å². The summed E-state index contributed by atoms with van der Waals surface area (Å²) in [6, 6.07) is 4.73. The number of nitrogens with one attached hydrogen (secondary N) is 1. The van der Waals surface area contributed by atoms with Gasteiger partial charge in [-0.15, -0.1) is 0 Å². The lowest BCUT2D eigenvalue weighted by molar-refractivity contribution is -0.127. The Bertz CT molecular complexity index is 745. The van der Waals surface area contributed by atoms with Crippen molar-refractivity contribution in [3.05, 3.63) is 30.0 Å². The highest BCUT2D eigenvalue weighted by Gasteiger charge is 2.44. The van der Waals surface area contributed by atoms with Crippen LogP contribution in [0.5, 0.6) is 0 Å². The number of alkyl halides is 3. The Morgan fingerprint density at radius 1 is 1.17 bits per heavy atom. The smallest absolute Gasteiger partial charge is 0.368 e. The minimum absolute atomic E-state index is 0.265. The molecule has 7 heteroatoms. The van der Waals surface area contributed by atoms with Crippen LogP contribution in [0.1, 0.15) is 18.4 Å². The molecule has 24 heavy (non-hydrogen) atoms. The molecule has 2 aliphatic heterocycles. The fourth-order valence-corrected chi connectivity index (χ4v) is 3.89. The molecule has 1 aromatic carbocycles. The molecule has 2 fully saturated rings. The molecule has 0 saturated carbocycles. The van der Waals surface area contributed by atoms with E-state index in [1.165, 1.54) is 6.07 Å². The summed E-state index contributed by atoms with van der Waals surface area (Å²) in [7, 11) is 0. The van der Waals surface area contributed by atoms with Crippen molar-refractivity contribution >= 4 is 16.6 Å². The SMILES string of the molecule is FC(F)(F)Cc1ccc2nncc(N3CC4(CCNCC4)C3)c2c1. The predicted molar refractivity (Wildman–Crippen MR) is 86.0 cm³/mol. The predicted octanol–water partition coefficient (Wildman–Crippen LogP) is 2.92. The molecule has 0 amide bonds. The second-order valence-corrected chi connectivity index (χ2v) is 6.98. The third-order valence-electron chi connectivity index (χ3n) is 5.14. The molecule has 2 aliphatic rings. The van der Waals surface area contributed by atoms with E-state index in [1.807, 2.05) is 0 Å². The molecule has 3 heterocycles. The molecule has 0 bridgehead atoms. The highest BCUT2D eigenvalue weighted by atomic mass is 19.4. The van der Waals surface area contributed by atoms with Crippen LogP contribution in [-0.4, -0.2) is 42.6 Å². The molecule has 2 saturated heterocycles. The van der Waals surface area contributed by atoms with Crippen molar-refractivity contribution in [2.45, 2.75) is 25.4 Å². The average Bonchev–Trinajstić information content (AvgIpc) is 2.51. The van der Waals surface area contributed by atoms with Crippen molar-refractivity contribution in [1.29, 1.82) is 0 Å². The highest BCUT2D eigenvalue weighted by molar-refractivity contribution is 5.91. The van der Waals surface area contributed by atoms with Gasteiger partial charge in [0.2, 0.25) is 0 Å². The summed E-state index contributed by atoms with van der Waals surface area (Å²) in [6.07, 6.45) is -1.14. The first-order valence-electron chi connectivity index (χ1n) is 8.21. The lowest BCUT2D eigenvalue weighted by Crippen LogP contribution is -2.60. The number of anilines is 1. The van der Waals surface area contributed by atoms with E-state index in [9.17, 15) is 13.2 Å². The van der Waals surface area contributed by atoms with Gasteiger partial charge < -0.3 is 10.2 Å². The zero-order valence-electron chi connectivity index (χ0n) is 13.2. The molecular weight excluding hydrogens is 317 g/mol. The Balaban J connectivity index is 1.62. The van der Waals surface area contributed by atoms with E-state index >= 15 is 0 Å². The molecule has 2 aromatic rings. The first-order chi connectivity index (χ1) is 11.4. The molecule has 1 N–H and O–H groups in total. The van der Waals surface area contributed by atoms with Gasteiger partial charge in [-0.1, -0.05) is 6.07 Å². The Labute approximate surface area is 138 Å². The van der Waals surface area contributed by atoms with Crippen molar-refractivity contribution < 1.29 is 13.2 Å². The van der Waals surface area contributed by atoms with Crippen LogP contribution in [0.3, 0.4) is 0 Å². The molecule has 0 aliphatic carbocycles. The number of rotatable bonds is 2. The number of fused-ring (bicyclic) bond motifs is 1. The Hall–Kier alpha value is -1.89. The van der Waals surface area contributed by atoms with E-state index in [-0.39, 0.29) is 5.56 Å². The van der Waals surface area contributed by atoms with Gasteiger partial charge in [-0.05, 0) is 43.6 Å². The first kappa shape index (κ1) is 15.6. The Morgan fingerprint density at radius 2 is 1.92 bits per heavy atom. The fourth-order valence-electron chi connectivity index (χ4n) is 3.89. The second kappa shape index (κ2) is 5.58. The number of hydrogen-bond donors (Lipinski definition) is 1. The van der Waals surface area contributed by atoms with Gasteiger partial charge in [0.1, 0.15) is 0 Å². The summed E-state index contributed by atoms with van der Waals surface area (Å²) in [5, 5.41) is 12.2. The number of nitrogens with zero attached hydrogens (tertiary/aromatic N) is 3. The molecule has 0 atom stereocenters. The van der Waals surface area contributed by atoms with Gasteiger partial charge in [0, 0.05) is 23.9 Å². The van der Waals surface area contributed by atoms with Crippen LogP contribution in [0.2, 0.25) is 0 Å². The van der Waals surface area contributed by atoms with Gasteiger partial charge >= 0.3 is 6.18 Å². The van der Waals surface area contributed by atoms with E-state index < -0.39 is 12.6 Å². The number of hydrogen-bond acceptors (Lipinski definition) is 4. The van der Waals surface area contributed by atoms with Crippen LogP contribution in [0, 0.1) is 5.41 Å². The van der Waals surface area contributed by atoms with E-state index in [4.69, 9.17) is 0 Å². The summed E-state index contributed by atoms with van der Waals surface area (Å²) < 4.78 is 38.0. The van der Waals surface area contributed by atoms with Crippen molar-refractivity contribution in [3.63, 3.8) is 0 Å². The normalized spacial score (nSPS) is 20.4. The lowest BCUT2D eigenvalue weighted by atomic mass is 9.72. The van der Waals surface area contributed by atoms with Crippen LogP contribution < -0.4 is 10.2 Å². The van der Waals surface area contributed by atoms with E-state index in [1.54, 1.807) is 18.3 Å². The molecule has 4 rings (SSSR count). The standard InChI is InChI=1S/C17H19F3N4/c18-17(19,20)8-12-1-2-14-13(7-12)15(9-22-23-14)24-10-16(11-24)3-5-21-6-4-16/h1-2,7,9,21H,3-6,8,10-11H2. The van der Waals surface area contributed by atoms with Gasteiger partial charge in [0.25, 0.3) is 0 Å². The third-order valence-corrected chi connectivity index (χ3v) is 5.14. The molecular formula is C17H19F3N4. The summed E-state index contributed by atoms with van der Waals surface area (Å²) in [6.45, 7) is 3.97. The highest BCUT2D eigenvalue weighted by Crippen LogP contribution is 2.42. The summed E-state index contributed by atoms with van der Waals surface area (Å²) in [5.41, 5.74) is 2.16. The summed E-state index contributed by atoms with van der Waals surface area (Å²) >= 11 is 0. The number of piperidine rings is 1. The maximum atomic E-state index is 12.7. The largest absolute Gasteiger partial charge is 0.393 e. The summed E-state index contributed by atoms with van der Waals surface area (Å²) in [4.78, 5) is 2.22. The maximum absolute atomic E-state index is 12.7. The van der Waals surface area contributed by atoms with Crippen LogP contribution in [0.15, 0.2) is 24.4 Å². The number of aromatic nitrogens is 2. The van der Waals surface area contributed by atoms with Crippen LogP contribution >= 0.6 is 0 Å². The van der Waals surface area contributed by atoms with E-state index in [0.717, 1.165) is 50.1 Å². The molecule has 1 spiro atoms. The summed E-state index contributed by atoms with van der Waals surface area (Å²) in [5.74, 6) is 0. The topological polar surface area (TPSA) is 41.1 Å². The minimum Gasteiger partial charge on any atom is -0.368 e. The zero-order chi connectivity index (χ0) is 16.8. The maximum Gasteiger partial charge on any atom is 0.393 e. The molecule has 0 unspecified atom stereocenters. The number of halogens is 3. The molecule has 4 nitrogen and oxygen atoms in total. The van der Waals surface area contributed by atoms with Crippen molar-refractivity contribution in [2.24, 2.45) is 5.41 Å². The van der Waals surface area contributed by atoms with Crippen molar-refractivity contribution in [1.82, 2.24) is 15.5 Å². The third kappa shape index (κ3) is 2.92. The van der Waals surface area contributed by atoms with Crippen molar-refractivity contribution in [2.75, 3.05) is 31.1 Å². The van der Waals surface area contributed by atoms with Gasteiger partial charge in [-0.25, -0.2) is 0 Å². The van der Waals surface area contributed by atoms with Gasteiger partial charge in [0.15, 0.2) is 0 Å². The lowest BCUT2D eigenvalue weighted by Gasteiger charge is -2.53. The Morgan fingerprint density at radius 3 is 2.62 bits per heavy atom. The monoisotopic (exact) mass is 336 g/mol. The van der Waals surface area contributed by atoms with Gasteiger partial charge in [-0.3, -0.25) is 0 Å². The quantitative estimate of drug-likeness (QED) is 0.916. The minimum atomic E-state index is -4.20. The molecule has 1 aromatic heterocycles. The van der Waals surface area contributed by atoms with E-state index in [2.05, 4.69) is 20.4 Å². The van der Waals surface area contributed by atoms with Crippen LogP contribution in [-0.2, 0) is 6.42 Å². The Kier molecular flexibility index (Phi) is 3.63. The van der Waals surface area contributed by atoms with Gasteiger partial charge in [-0.2, -0.15) is 23.4 Å². The zero-order valence-corrected chi connectivity index (χ0v) is 13.2. The molecule has 0 radical (unpaired) electrons. The number of benzene rings is 1. The second-order valence-electron chi connectivity index (χ2n) is 6.98. The van der Waals surface area contributed by atoms with E-state index in [0.29, 0.717) is 10.9 Å². The van der Waals surface area contributed by atoms with Crippen LogP contribution in [0.4, 0.5) is 18.9 Å². The van der Waals surface area contributed by atoms with Gasteiger partial charge in [0.05, 0.1) is 23.8 Å². The molecule has 128 valence electrons. The average molecular weight is 336 g/mol.